The molecule has 0 spiro atoms. The van der Waals surface area contributed by atoms with Gasteiger partial charge in [-0.3, -0.25) is 0 Å². The van der Waals surface area contributed by atoms with Crippen molar-refractivity contribution in [3.05, 3.63) is 137 Å². The van der Waals surface area contributed by atoms with Gasteiger partial charge in [-0.2, -0.15) is 0 Å². The van der Waals surface area contributed by atoms with Crippen molar-refractivity contribution in [2.75, 3.05) is 0 Å². The quantitative estimate of drug-likeness (QED) is 0.173. The first-order chi connectivity index (χ1) is 19.6. The molecule has 2 heteroatoms. The molecule has 2 atom stereocenters. The van der Waals surface area contributed by atoms with Crippen LogP contribution in [0.2, 0.25) is 0 Å². The summed E-state index contributed by atoms with van der Waals surface area (Å²) in [5, 5.41) is 0. The molecule has 5 rings (SSSR count). The summed E-state index contributed by atoms with van der Waals surface area (Å²) >= 11 is 0. The van der Waals surface area contributed by atoms with Gasteiger partial charge in [0.2, 0.25) is 6.33 Å². The summed E-state index contributed by atoms with van der Waals surface area (Å²) in [5.41, 5.74) is 13.2. The Morgan fingerprint density at radius 2 is 1.02 bits per heavy atom. The van der Waals surface area contributed by atoms with Gasteiger partial charge in [-0.05, 0) is 61.8 Å². The number of hydrogen-bond donors (Lipinski definition) is 0. The number of aromatic nitrogens is 2. The van der Waals surface area contributed by atoms with Crippen LogP contribution in [-0.4, -0.2) is 4.57 Å². The van der Waals surface area contributed by atoms with E-state index in [4.69, 9.17) is 0 Å². The van der Waals surface area contributed by atoms with Crippen LogP contribution in [0.25, 0.3) is 22.3 Å². The van der Waals surface area contributed by atoms with Crippen molar-refractivity contribution in [3.8, 4) is 22.3 Å². The van der Waals surface area contributed by atoms with Gasteiger partial charge in [0, 0.05) is 11.1 Å². The second kappa shape index (κ2) is 11.9. The van der Waals surface area contributed by atoms with Crippen molar-refractivity contribution < 1.29 is 4.57 Å². The second-order valence-electron chi connectivity index (χ2n) is 12.6. The molecule has 0 radical (unpaired) electrons. The zero-order valence-corrected chi connectivity index (χ0v) is 26.0. The Hall–Kier alpha value is -3.91. The van der Waals surface area contributed by atoms with Crippen LogP contribution in [-0.2, 0) is 0 Å². The average molecular weight is 542 g/mol. The van der Waals surface area contributed by atoms with Crippen LogP contribution >= 0.6 is 0 Å². The molecule has 0 N–H and O–H groups in total. The fourth-order valence-electron chi connectivity index (χ4n) is 6.74. The van der Waals surface area contributed by atoms with E-state index in [2.05, 4.69) is 168 Å². The number of hydrogen-bond acceptors (Lipinski definition) is 0. The summed E-state index contributed by atoms with van der Waals surface area (Å²) < 4.78 is 4.86. The van der Waals surface area contributed by atoms with Gasteiger partial charge in [-0.1, -0.05) is 135 Å². The molecule has 0 saturated heterocycles. The van der Waals surface area contributed by atoms with Gasteiger partial charge in [0.1, 0.15) is 24.5 Å². The molecule has 0 bridgehead atoms. The van der Waals surface area contributed by atoms with E-state index < -0.39 is 0 Å². The van der Waals surface area contributed by atoms with Crippen molar-refractivity contribution in [1.82, 2.24) is 4.57 Å². The van der Waals surface area contributed by atoms with E-state index in [9.17, 15) is 0 Å². The molecule has 0 aliphatic rings. The predicted molar refractivity (Wildman–Crippen MR) is 173 cm³/mol. The maximum Gasteiger partial charge on any atom is 0.244 e. The third-order valence-electron chi connectivity index (χ3n) is 8.21. The van der Waals surface area contributed by atoms with Gasteiger partial charge in [-0.15, -0.1) is 0 Å². The largest absolute Gasteiger partial charge is 0.244 e. The van der Waals surface area contributed by atoms with Crippen molar-refractivity contribution in [2.24, 2.45) is 11.8 Å². The maximum absolute atomic E-state index is 2.43. The van der Waals surface area contributed by atoms with Crippen LogP contribution in [0, 0.1) is 39.5 Å². The molecule has 41 heavy (non-hydrogen) atoms. The van der Waals surface area contributed by atoms with Gasteiger partial charge in [0.25, 0.3) is 0 Å². The molecular formula is C39H45N2+. The fraction of sp³-hybridized carbons (Fsp3) is 0.308. The lowest BCUT2D eigenvalue weighted by molar-refractivity contribution is -0.719. The van der Waals surface area contributed by atoms with E-state index in [1.54, 1.807) is 0 Å². The summed E-state index contributed by atoms with van der Waals surface area (Å²) in [5.74, 6) is 0.839. The fourth-order valence-corrected chi connectivity index (χ4v) is 6.74. The lowest BCUT2D eigenvalue weighted by atomic mass is 9.88. The van der Waals surface area contributed by atoms with Crippen molar-refractivity contribution in [3.63, 3.8) is 0 Å². The summed E-state index contributed by atoms with van der Waals surface area (Å²) in [7, 11) is 0. The highest BCUT2D eigenvalue weighted by Gasteiger charge is 2.30. The molecule has 0 aliphatic carbocycles. The minimum atomic E-state index is 0.218. The Bertz CT molecular complexity index is 1490. The normalized spacial score (nSPS) is 13.1. The third-order valence-corrected chi connectivity index (χ3v) is 8.21. The van der Waals surface area contributed by atoms with Gasteiger partial charge < -0.3 is 0 Å². The lowest BCUT2D eigenvalue weighted by Gasteiger charge is -2.23. The summed E-state index contributed by atoms with van der Waals surface area (Å²) in [6, 6.07) is 32.1. The smallest absolute Gasteiger partial charge is 0.230 e. The minimum absolute atomic E-state index is 0.218. The van der Waals surface area contributed by atoms with Gasteiger partial charge in [0.15, 0.2) is 0 Å². The van der Waals surface area contributed by atoms with E-state index in [1.807, 2.05) is 0 Å². The number of rotatable bonds is 8. The van der Waals surface area contributed by atoms with Crippen LogP contribution < -0.4 is 4.57 Å². The van der Waals surface area contributed by atoms with Gasteiger partial charge >= 0.3 is 0 Å². The summed E-state index contributed by atoms with van der Waals surface area (Å²) in [4.78, 5) is 0. The molecule has 0 amide bonds. The topological polar surface area (TPSA) is 8.81 Å². The SMILES string of the molecule is Cc1cc(C)cc(-c2ccccc2[C@@H](C(C)C)n2cc[n+]([C@@H](c3ccccc3-c3cc(C)cc(C)c3)C(C)C)c2)c1. The molecule has 1 aromatic heterocycles. The molecule has 1 heterocycles. The Balaban J connectivity index is 1.60. The highest BCUT2D eigenvalue weighted by molar-refractivity contribution is 5.70. The zero-order chi connectivity index (χ0) is 29.3. The van der Waals surface area contributed by atoms with Crippen LogP contribution in [0.4, 0.5) is 0 Å². The molecule has 0 saturated carbocycles. The van der Waals surface area contributed by atoms with E-state index in [-0.39, 0.29) is 12.1 Å². The first-order valence-electron chi connectivity index (χ1n) is 15.1. The summed E-state index contributed by atoms with van der Waals surface area (Å²) in [6.45, 7) is 18.1. The molecule has 2 nitrogen and oxygen atoms in total. The molecule has 0 fully saturated rings. The van der Waals surface area contributed by atoms with Crippen LogP contribution in [0.5, 0.6) is 0 Å². The van der Waals surface area contributed by atoms with E-state index in [0.29, 0.717) is 11.8 Å². The predicted octanol–water partition coefficient (Wildman–Crippen LogP) is 9.83. The van der Waals surface area contributed by atoms with E-state index in [1.165, 1.54) is 55.6 Å². The second-order valence-corrected chi connectivity index (χ2v) is 12.6. The molecule has 5 aromatic rings. The molecular weight excluding hydrogens is 496 g/mol. The van der Waals surface area contributed by atoms with Gasteiger partial charge in [-0.25, -0.2) is 9.13 Å². The van der Waals surface area contributed by atoms with Crippen molar-refractivity contribution in [1.29, 1.82) is 0 Å². The van der Waals surface area contributed by atoms with Gasteiger partial charge in [0.05, 0.1) is 0 Å². The van der Waals surface area contributed by atoms with Crippen molar-refractivity contribution in [2.45, 2.75) is 67.5 Å². The number of benzene rings is 4. The molecule has 210 valence electrons. The van der Waals surface area contributed by atoms with Crippen molar-refractivity contribution >= 4 is 0 Å². The monoisotopic (exact) mass is 541 g/mol. The maximum atomic E-state index is 2.43. The van der Waals surface area contributed by atoms with E-state index >= 15 is 0 Å². The highest BCUT2D eigenvalue weighted by atomic mass is 15.2. The third kappa shape index (κ3) is 6.07. The Kier molecular flexibility index (Phi) is 8.31. The molecule has 0 unspecified atom stereocenters. The highest BCUT2D eigenvalue weighted by Crippen LogP contribution is 2.36. The standard InChI is InChI=1S/C39H45N2/c1-26(2)38(36-15-11-9-13-34(36)32-21-28(5)19-29(6)22-32)40-17-18-41(25-40)39(27(3)4)37-16-12-10-14-35(37)33-23-30(7)20-31(8)24-33/h9-27,38-39H,1-8H3/q+1/t38-,39-/m1/s1. The Morgan fingerprint density at radius 1 is 0.561 bits per heavy atom. The van der Waals surface area contributed by atoms with E-state index in [0.717, 1.165) is 0 Å². The van der Waals surface area contributed by atoms with Crippen LogP contribution in [0.1, 0.15) is 73.2 Å². The lowest BCUT2D eigenvalue weighted by Crippen LogP contribution is -2.41. The number of imidazole rings is 1. The molecule has 0 aliphatic heterocycles. The average Bonchev–Trinajstić information content (AvgIpc) is 3.36. The Labute approximate surface area is 247 Å². The first kappa shape index (κ1) is 28.6. The number of nitrogens with zero attached hydrogens (tertiary/aromatic N) is 2. The minimum Gasteiger partial charge on any atom is -0.230 e. The van der Waals surface area contributed by atoms with Crippen LogP contribution in [0.3, 0.4) is 0 Å². The number of aryl methyl sites for hydroxylation is 4. The molecule has 4 aromatic carbocycles. The van der Waals surface area contributed by atoms with Crippen LogP contribution in [0.15, 0.2) is 104 Å². The summed E-state index contributed by atoms with van der Waals surface area (Å²) in [6.07, 6.45) is 6.89. The zero-order valence-electron chi connectivity index (χ0n) is 26.0. The Morgan fingerprint density at radius 3 is 1.51 bits per heavy atom. The first-order valence-corrected chi connectivity index (χ1v) is 15.1.